The third-order valence-corrected chi connectivity index (χ3v) is 3.43. The van der Waals surface area contributed by atoms with Crippen LogP contribution in [-0.2, 0) is 0 Å². The van der Waals surface area contributed by atoms with Gasteiger partial charge in [-0.1, -0.05) is 12.8 Å². The van der Waals surface area contributed by atoms with Crippen LogP contribution in [0.5, 0.6) is 0 Å². The lowest BCUT2D eigenvalue weighted by Gasteiger charge is -2.12. The summed E-state index contributed by atoms with van der Waals surface area (Å²) < 4.78 is 0. The summed E-state index contributed by atoms with van der Waals surface area (Å²) in [6.45, 7) is 3.44. The van der Waals surface area contributed by atoms with Crippen LogP contribution in [0.2, 0.25) is 0 Å². The number of carbonyl (C=O) groups is 1. The molecule has 1 aromatic rings. The van der Waals surface area contributed by atoms with Gasteiger partial charge in [-0.25, -0.2) is 0 Å². The number of rotatable bonds is 7. The number of benzene rings is 1. The van der Waals surface area contributed by atoms with E-state index in [0.29, 0.717) is 17.8 Å². The molecule has 4 N–H and O–H groups in total. The third-order valence-electron chi connectivity index (χ3n) is 3.43. The number of amides is 1. The Hall–Kier alpha value is -1.71. The molecular weight excluding hydrogens is 238 g/mol. The average molecular weight is 261 g/mol. The molecule has 0 atom stereocenters. The van der Waals surface area contributed by atoms with Crippen LogP contribution in [0.4, 0.5) is 11.4 Å². The Morgan fingerprint density at radius 3 is 2.89 bits per heavy atom. The Morgan fingerprint density at radius 2 is 2.21 bits per heavy atom. The molecule has 0 bridgehead atoms. The van der Waals surface area contributed by atoms with Gasteiger partial charge in [-0.3, -0.25) is 4.79 Å². The first kappa shape index (κ1) is 13.7. The minimum Gasteiger partial charge on any atom is -0.399 e. The number of anilines is 2. The number of nitrogens with one attached hydrogen (secondary N) is 2. The smallest absolute Gasteiger partial charge is 0.253 e. The van der Waals surface area contributed by atoms with Gasteiger partial charge in [-0.2, -0.15) is 0 Å². The Labute approximate surface area is 114 Å². The van der Waals surface area contributed by atoms with Gasteiger partial charge in [0.2, 0.25) is 0 Å². The first-order valence-electron chi connectivity index (χ1n) is 7.12. The summed E-state index contributed by atoms with van der Waals surface area (Å²) in [5.41, 5.74) is 7.97. The zero-order chi connectivity index (χ0) is 13.7. The largest absolute Gasteiger partial charge is 0.399 e. The lowest BCUT2D eigenvalue weighted by atomic mass is 10.1. The molecular formula is C15H23N3O. The standard InChI is InChI=1S/C15H23N3O/c1-2-17-15(19)13-8-7-12(16)10-14(13)18-9-3-4-11-5-6-11/h7-8,10-11,18H,2-6,9,16H2,1H3,(H,17,19). The fourth-order valence-corrected chi connectivity index (χ4v) is 2.18. The molecule has 4 nitrogen and oxygen atoms in total. The van der Waals surface area contributed by atoms with Gasteiger partial charge in [0.05, 0.1) is 5.56 Å². The molecule has 0 heterocycles. The lowest BCUT2D eigenvalue weighted by molar-refractivity contribution is 0.0956. The monoisotopic (exact) mass is 261 g/mol. The Morgan fingerprint density at radius 1 is 1.42 bits per heavy atom. The number of hydrogen-bond acceptors (Lipinski definition) is 3. The van der Waals surface area contributed by atoms with Crippen molar-refractivity contribution >= 4 is 17.3 Å². The van der Waals surface area contributed by atoms with Gasteiger partial charge in [0.1, 0.15) is 0 Å². The predicted octanol–water partition coefficient (Wildman–Crippen LogP) is 2.62. The van der Waals surface area contributed by atoms with Gasteiger partial charge in [0.15, 0.2) is 0 Å². The first-order chi connectivity index (χ1) is 9.20. The van der Waals surface area contributed by atoms with E-state index in [9.17, 15) is 4.79 Å². The van der Waals surface area contributed by atoms with E-state index in [1.54, 1.807) is 12.1 Å². The van der Waals surface area contributed by atoms with Gasteiger partial charge >= 0.3 is 0 Å². The fraction of sp³-hybridized carbons (Fsp3) is 0.533. The summed E-state index contributed by atoms with van der Waals surface area (Å²) in [6.07, 6.45) is 5.21. The molecule has 1 aromatic carbocycles. The summed E-state index contributed by atoms with van der Waals surface area (Å²) in [7, 11) is 0. The quantitative estimate of drug-likeness (QED) is 0.522. The summed E-state index contributed by atoms with van der Waals surface area (Å²) in [6, 6.07) is 5.38. The van der Waals surface area contributed by atoms with E-state index < -0.39 is 0 Å². The summed E-state index contributed by atoms with van der Waals surface area (Å²) in [5.74, 6) is 0.901. The van der Waals surface area contributed by atoms with E-state index in [1.807, 2.05) is 13.0 Å². The number of nitrogen functional groups attached to an aromatic ring is 1. The van der Waals surface area contributed by atoms with Crippen molar-refractivity contribution in [2.75, 3.05) is 24.1 Å². The summed E-state index contributed by atoms with van der Waals surface area (Å²) >= 11 is 0. The van der Waals surface area contributed by atoms with E-state index in [2.05, 4.69) is 10.6 Å². The van der Waals surface area contributed by atoms with Gasteiger partial charge in [-0.15, -0.1) is 0 Å². The molecule has 4 heteroatoms. The molecule has 2 rings (SSSR count). The molecule has 104 valence electrons. The highest BCUT2D eigenvalue weighted by Crippen LogP contribution is 2.33. The number of nitrogens with two attached hydrogens (primary N) is 1. The molecule has 1 saturated carbocycles. The third kappa shape index (κ3) is 4.16. The highest BCUT2D eigenvalue weighted by Gasteiger charge is 2.20. The minimum atomic E-state index is -0.0489. The van der Waals surface area contributed by atoms with E-state index in [1.165, 1.54) is 19.3 Å². The summed E-state index contributed by atoms with van der Waals surface area (Å²) in [4.78, 5) is 11.9. The van der Waals surface area contributed by atoms with Crippen molar-refractivity contribution in [3.63, 3.8) is 0 Å². The molecule has 19 heavy (non-hydrogen) atoms. The molecule has 0 aliphatic heterocycles. The molecule has 1 aliphatic carbocycles. The normalized spacial score (nSPS) is 14.2. The van der Waals surface area contributed by atoms with Crippen LogP contribution in [0.25, 0.3) is 0 Å². The second-order valence-electron chi connectivity index (χ2n) is 5.18. The van der Waals surface area contributed by atoms with Crippen molar-refractivity contribution < 1.29 is 4.79 Å². The van der Waals surface area contributed by atoms with E-state index in [4.69, 9.17) is 5.73 Å². The summed E-state index contributed by atoms with van der Waals surface area (Å²) in [5, 5.41) is 6.16. The lowest BCUT2D eigenvalue weighted by Crippen LogP contribution is -2.24. The van der Waals surface area contributed by atoms with Crippen molar-refractivity contribution in [1.29, 1.82) is 0 Å². The molecule has 0 spiro atoms. The van der Waals surface area contributed by atoms with Crippen LogP contribution < -0.4 is 16.4 Å². The zero-order valence-electron chi connectivity index (χ0n) is 11.5. The molecule has 1 amide bonds. The van der Waals surface area contributed by atoms with E-state index in [0.717, 1.165) is 24.6 Å². The van der Waals surface area contributed by atoms with Gasteiger partial charge in [-0.05, 0) is 43.9 Å². The highest BCUT2D eigenvalue weighted by molar-refractivity contribution is 6.00. The zero-order valence-corrected chi connectivity index (χ0v) is 11.5. The van der Waals surface area contributed by atoms with Crippen molar-refractivity contribution in [3.05, 3.63) is 23.8 Å². The van der Waals surface area contributed by atoms with Crippen LogP contribution in [0.1, 0.15) is 43.0 Å². The predicted molar refractivity (Wildman–Crippen MR) is 79.3 cm³/mol. The molecule has 0 unspecified atom stereocenters. The maximum absolute atomic E-state index is 11.9. The topological polar surface area (TPSA) is 67.2 Å². The molecule has 0 saturated heterocycles. The SMILES string of the molecule is CCNC(=O)c1ccc(N)cc1NCCCC1CC1. The van der Waals surface area contributed by atoms with Crippen LogP contribution in [-0.4, -0.2) is 19.0 Å². The second kappa shape index (κ2) is 6.45. The van der Waals surface area contributed by atoms with Crippen molar-refractivity contribution in [2.24, 2.45) is 5.92 Å². The van der Waals surface area contributed by atoms with E-state index in [-0.39, 0.29) is 5.91 Å². The van der Waals surface area contributed by atoms with Gasteiger partial charge < -0.3 is 16.4 Å². The molecule has 1 fully saturated rings. The van der Waals surface area contributed by atoms with Crippen LogP contribution in [0.3, 0.4) is 0 Å². The van der Waals surface area contributed by atoms with Crippen LogP contribution in [0, 0.1) is 5.92 Å². The van der Waals surface area contributed by atoms with Crippen molar-refractivity contribution in [1.82, 2.24) is 5.32 Å². The van der Waals surface area contributed by atoms with Crippen LogP contribution in [0.15, 0.2) is 18.2 Å². The highest BCUT2D eigenvalue weighted by atomic mass is 16.1. The van der Waals surface area contributed by atoms with Crippen molar-refractivity contribution in [3.8, 4) is 0 Å². The number of hydrogen-bond donors (Lipinski definition) is 3. The Kier molecular flexibility index (Phi) is 4.66. The van der Waals surface area contributed by atoms with Crippen LogP contribution >= 0.6 is 0 Å². The fourth-order valence-electron chi connectivity index (χ4n) is 2.18. The average Bonchev–Trinajstić information content (AvgIpc) is 3.19. The van der Waals surface area contributed by atoms with Crippen molar-refractivity contribution in [2.45, 2.75) is 32.6 Å². The maximum Gasteiger partial charge on any atom is 0.253 e. The van der Waals surface area contributed by atoms with Gasteiger partial charge in [0, 0.05) is 24.5 Å². The Balaban J connectivity index is 1.94. The molecule has 0 radical (unpaired) electrons. The molecule has 1 aliphatic rings. The van der Waals surface area contributed by atoms with E-state index >= 15 is 0 Å². The maximum atomic E-state index is 11.9. The minimum absolute atomic E-state index is 0.0489. The Bertz CT molecular complexity index is 441. The van der Waals surface area contributed by atoms with Gasteiger partial charge in [0.25, 0.3) is 5.91 Å². The first-order valence-corrected chi connectivity index (χ1v) is 7.12. The number of carbonyl (C=O) groups excluding carboxylic acids is 1. The molecule has 0 aromatic heterocycles. The second-order valence-corrected chi connectivity index (χ2v) is 5.18.